The number of hydrogen-bond donors (Lipinski definition) is 2. The first-order valence-electron chi connectivity index (χ1n) is 8.08. The van der Waals surface area contributed by atoms with Crippen molar-refractivity contribution in [3.05, 3.63) is 58.7 Å². The molecule has 1 aromatic heterocycles. The number of halogens is 1. The molecule has 1 heterocycles. The highest BCUT2D eigenvalue weighted by Crippen LogP contribution is 2.37. The molecule has 0 fully saturated rings. The van der Waals surface area contributed by atoms with Gasteiger partial charge in [-0.2, -0.15) is 0 Å². The zero-order valence-corrected chi connectivity index (χ0v) is 14.1. The SMILES string of the molecule is NC(=O)Nc1ccc(-n2c3c(c4ccccc42)C(=O)CCC3)c(Cl)c1. The molecule has 1 aliphatic carbocycles. The third-order valence-corrected chi connectivity index (χ3v) is 4.83. The molecule has 0 bridgehead atoms. The van der Waals surface area contributed by atoms with Crippen molar-refractivity contribution in [1.82, 2.24) is 4.57 Å². The van der Waals surface area contributed by atoms with Crippen LogP contribution in [0, 0.1) is 0 Å². The van der Waals surface area contributed by atoms with Crippen LogP contribution in [-0.4, -0.2) is 16.4 Å². The molecule has 3 aromatic rings. The summed E-state index contributed by atoms with van der Waals surface area (Å²) in [6.07, 6.45) is 2.24. The fraction of sp³-hybridized carbons (Fsp3) is 0.158. The molecule has 2 aromatic carbocycles. The molecule has 4 rings (SSSR count). The zero-order valence-electron chi connectivity index (χ0n) is 13.4. The highest BCUT2D eigenvalue weighted by molar-refractivity contribution is 6.33. The van der Waals surface area contributed by atoms with Gasteiger partial charge in [-0.3, -0.25) is 4.79 Å². The number of rotatable bonds is 2. The lowest BCUT2D eigenvalue weighted by molar-refractivity contribution is 0.0973. The number of nitrogens with zero attached hydrogens (tertiary/aromatic N) is 1. The van der Waals surface area contributed by atoms with Gasteiger partial charge in [-0.1, -0.05) is 29.8 Å². The molecule has 6 heteroatoms. The fourth-order valence-corrected chi connectivity index (χ4v) is 3.83. The number of amides is 2. The molecule has 1 aliphatic rings. The van der Waals surface area contributed by atoms with Crippen LogP contribution in [0.3, 0.4) is 0 Å². The zero-order chi connectivity index (χ0) is 17.6. The maximum Gasteiger partial charge on any atom is 0.316 e. The topological polar surface area (TPSA) is 77.1 Å². The van der Waals surface area contributed by atoms with E-state index in [2.05, 4.69) is 9.88 Å². The van der Waals surface area contributed by atoms with Crippen molar-refractivity contribution in [2.75, 3.05) is 5.32 Å². The van der Waals surface area contributed by atoms with Gasteiger partial charge in [0.25, 0.3) is 0 Å². The van der Waals surface area contributed by atoms with Crippen LogP contribution >= 0.6 is 11.6 Å². The number of Topliss-reactive ketones (excluding diaryl/α,β-unsaturated/α-hetero) is 1. The number of anilines is 1. The van der Waals surface area contributed by atoms with Crippen molar-refractivity contribution in [2.45, 2.75) is 19.3 Å². The van der Waals surface area contributed by atoms with Gasteiger partial charge in [0.15, 0.2) is 5.78 Å². The lowest BCUT2D eigenvalue weighted by Crippen LogP contribution is -2.19. The van der Waals surface area contributed by atoms with Gasteiger partial charge in [0.05, 0.1) is 16.2 Å². The largest absolute Gasteiger partial charge is 0.351 e. The van der Waals surface area contributed by atoms with Crippen molar-refractivity contribution < 1.29 is 9.59 Å². The minimum Gasteiger partial charge on any atom is -0.351 e. The van der Waals surface area contributed by atoms with Crippen molar-refractivity contribution >= 4 is 40.0 Å². The average Bonchev–Trinajstić information content (AvgIpc) is 2.90. The maximum absolute atomic E-state index is 12.5. The lowest BCUT2D eigenvalue weighted by atomic mass is 9.94. The molecule has 0 atom stereocenters. The molecule has 0 spiro atoms. The van der Waals surface area contributed by atoms with Crippen LogP contribution < -0.4 is 11.1 Å². The second kappa shape index (κ2) is 5.93. The fourth-order valence-electron chi connectivity index (χ4n) is 3.57. The number of fused-ring (bicyclic) bond motifs is 3. The monoisotopic (exact) mass is 353 g/mol. The highest BCUT2D eigenvalue weighted by Gasteiger charge is 2.26. The molecule has 25 heavy (non-hydrogen) atoms. The quantitative estimate of drug-likeness (QED) is 0.720. The van der Waals surface area contributed by atoms with Gasteiger partial charge in [-0.05, 0) is 37.1 Å². The number of nitrogens with two attached hydrogens (primary N) is 1. The number of nitrogens with one attached hydrogen (secondary N) is 1. The Labute approximate surface area is 149 Å². The predicted octanol–water partition coefficient (Wildman–Crippen LogP) is 4.29. The standard InChI is InChI=1S/C19H16ClN3O2/c20-13-10-11(22-19(21)25)8-9-15(13)23-14-5-2-1-4-12(14)18-16(23)6-3-7-17(18)24/h1-2,4-5,8-10H,3,6-7H2,(H3,21,22,25). The number of aromatic nitrogens is 1. The summed E-state index contributed by atoms with van der Waals surface area (Å²) >= 11 is 6.49. The third kappa shape index (κ3) is 2.57. The van der Waals surface area contributed by atoms with E-state index in [0.717, 1.165) is 40.7 Å². The van der Waals surface area contributed by atoms with E-state index in [9.17, 15) is 9.59 Å². The number of urea groups is 1. The average molecular weight is 354 g/mol. The lowest BCUT2D eigenvalue weighted by Gasteiger charge is -2.17. The number of ketones is 1. The molecule has 0 aliphatic heterocycles. The van der Waals surface area contributed by atoms with E-state index >= 15 is 0 Å². The molecule has 0 radical (unpaired) electrons. The van der Waals surface area contributed by atoms with Crippen LogP contribution in [0.15, 0.2) is 42.5 Å². The number of hydrogen-bond acceptors (Lipinski definition) is 2. The Morgan fingerprint density at radius 1 is 1.16 bits per heavy atom. The Kier molecular flexibility index (Phi) is 3.73. The summed E-state index contributed by atoms with van der Waals surface area (Å²) in [5.74, 6) is 0.180. The number of para-hydroxylation sites is 1. The summed E-state index contributed by atoms with van der Waals surface area (Å²) in [6.45, 7) is 0. The van der Waals surface area contributed by atoms with E-state index in [4.69, 9.17) is 17.3 Å². The van der Waals surface area contributed by atoms with Crippen molar-refractivity contribution in [1.29, 1.82) is 0 Å². The summed E-state index contributed by atoms with van der Waals surface area (Å²) in [5, 5.41) is 3.95. The van der Waals surface area contributed by atoms with E-state index in [-0.39, 0.29) is 5.78 Å². The minimum atomic E-state index is -0.641. The Hall–Kier alpha value is -2.79. The van der Waals surface area contributed by atoms with Gasteiger partial charge < -0.3 is 15.6 Å². The first-order valence-corrected chi connectivity index (χ1v) is 8.46. The van der Waals surface area contributed by atoms with E-state index in [1.54, 1.807) is 12.1 Å². The van der Waals surface area contributed by atoms with Crippen molar-refractivity contribution in [2.24, 2.45) is 5.73 Å². The number of benzene rings is 2. The second-order valence-electron chi connectivity index (χ2n) is 6.11. The molecule has 0 saturated carbocycles. The van der Waals surface area contributed by atoms with Gasteiger partial charge in [0, 0.05) is 28.8 Å². The van der Waals surface area contributed by atoms with E-state index < -0.39 is 6.03 Å². The van der Waals surface area contributed by atoms with Gasteiger partial charge in [-0.25, -0.2) is 4.79 Å². The second-order valence-corrected chi connectivity index (χ2v) is 6.51. The van der Waals surface area contributed by atoms with E-state index in [1.807, 2.05) is 30.3 Å². The maximum atomic E-state index is 12.5. The normalized spacial score (nSPS) is 13.7. The Morgan fingerprint density at radius 3 is 2.72 bits per heavy atom. The third-order valence-electron chi connectivity index (χ3n) is 4.53. The van der Waals surface area contributed by atoms with Crippen molar-refractivity contribution in [3.8, 4) is 5.69 Å². The number of primary amides is 1. The highest BCUT2D eigenvalue weighted by atomic mass is 35.5. The molecule has 126 valence electrons. The summed E-state index contributed by atoms with van der Waals surface area (Å²) in [5.41, 5.74) is 9.22. The van der Waals surface area contributed by atoms with Crippen molar-refractivity contribution in [3.63, 3.8) is 0 Å². The molecule has 0 unspecified atom stereocenters. The number of carbonyl (C=O) groups excluding carboxylic acids is 2. The van der Waals surface area contributed by atoms with Gasteiger partial charge in [-0.15, -0.1) is 0 Å². The molecule has 2 amide bonds. The smallest absolute Gasteiger partial charge is 0.316 e. The Balaban J connectivity index is 1.96. The molecule has 5 nitrogen and oxygen atoms in total. The summed E-state index contributed by atoms with van der Waals surface area (Å²) in [6, 6.07) is 12.5. The van der Waals surface area contributed by atoms with Crippen LogP contribution in [0.5, 0.6) is 0 Å². The Morgan fingerprint density at radius 2 is 1.96 bits per heavy atom. The van der Waals surface area contributed by atoms with Crippen LogP contribution in [-0.2, 0) is 6.42 Å². The Bertz CT molecular complexity index is 1020. The predicted molar refractivity (Wildman–Crippen MR) is 98.8 cm³/mol. The molecular formula is C19H16ClN3O2. The molecule has 0 saturated heterocycles. The molecular weight excluding hydrogens is 338 g/mol. The van der Waals surface area contributed by atoms with Crippen LogP contribution in [0.25, 0.3) is 16.6 Å². The first-order chi connectivity index (χ1) is 12.1. The van der Waals surface area contributed by atoms with Gasteiger partial charge in [0.1, 0.15) is 0 Å². The van der Waals surface area contributed by atoms with Gasteiger partial charge >= 0.3 is 6.03 Å². The number of carbonyl (C=O) groups is 2. The molecule has 3 N–H and O–H groups in total. The minimum absolute atomic E-state index is 0.180. The van der Waals surface area contributed by atoms with Crippen LogP contribution in [0.1, 0.15) is 28.9 Å². The summed E-state index contributed by atoms with van der Waals surface area (Å²) < 4.78 is 2.05. The van der Waals surface area contributed by atoms with Gasteiger partial charge in [0.2, 0.25) is 0 Å². The van der Waals surface area contributed by atoms with Crippen LogP contribution in [0.2, 0.25) is 5.02 Å². The van der Waals surface area contributed by atoms with Crippen LogP contribution in [0.4, 0.5) is 10.5 Å². The van der Waals surface area contributed by atoms with E-state index in [0.29, 0.717) is 17.1 Å². The summed E-state index contributed by atoms with van der Waals surface area (Å²) in [7, 11) is 0. The first kappa shape index (κ1) is 15.7. The van der Waals surface area contributed by atoms with E-state index in [1.165, 1.54) is 0 Å². The summed E-state index contributed by atoms with van der Waals surface area (Å²) in [4.78, 5) is 23.5.